The molecule has 0 aliphatic carbocycles. The molecule has 1 fully saturated rings. The van der Waals surface area contributed by atoms with Crippen LogP contribution in [0.3, 0.4) is 0 Å². The normalized spacial score (nSPS) is 25.9. The van der Waals surface area contributed by atoms with Crippen molar-refractivity contribution in [1.82, 2.24) is 15.5 Å². The monoisotopic (exact) mass is 238 g/mol. The van der Waals surface area contributed by atoms with Crippen molar-refractivity contribution in [1.29, 1.82) is 0 Å². The quantitative estimate of drug-likeness (QED) is 0.585. The lowest BCUT2D eigenvalue weighted by Gasteiger charge is -2.33. The van der Waals surface area contributed by atoms with Crippen molar-refractivity contribution in [2.45, 2.75) is 13.8 Å². The van der Waals surface area contributed by atoms with E-state index in [0.717, 1.165) is 26.2 Å². The Balaban J connectivity index is 2.13. The molecule has 1 atom stereocenters. The summed E-state index contributed by atoms with van der Waals surface area (Å²) in [5.41, 5.74) is 0. The Hall–Kier alpha value is -1.43. The highest BCUT2D eigenvalue weighted by Gasteiger charge is 2.35. The second kappa shape index (κ2) is 4.83. The van der Waals surface area contributed by atoms with E-state index in [1.165, 1.54) is 0 Å². The zero-order chi connectivity index (χ0) is 12.4. The molecule has 6 nitrogen and oxygen atoms in total. The minimum Gasteiger partial charge on any atom is -0.340 e. The van der Waals surface area contributed by atoms with Crippen molar-refractivity contribution in [3.63, 3.8) is 0 Å². The van der Waals surface area contributed by atoms with Gasteiger partial charge in [0.25, 0.3) is 5.91 Å². The second-order valence-corrected chi connectivity index (χ2v) is 4.72. The van der Waals surface area contributed by atoms with Crippen molar-refractivity contribution in [2.24, 2.45) is 16.8 Å². The third kappa shape index (κ3) is 2.46. The minimum absolute atomic E-state index is 0.0178. The third-order valence-electron chi connectivity index (χ3n) is 3.08. The largest absolute Gasteiger partial charge is 0.340 e. The van der Waals surface area contributed by atoms with Crippen LogP contribution < -0.4 is 10.6 Å². The molecule has 2 aliphatic heterocycles. The SMILES string of the molecule is CC(C)C1C(=O)N=C(N2CCNCC2)NC1=O. The summed E-state index contributed by atoms with van der Waals surface area (Å²) in [5.74, 6) is -0.790. The average Bonchev–Trinajstić information content (AvgIpc) is 2.28. The van der Waals surface area contributed by atoms with E-state index >= 15 is 0 Å². The number of piperazine rings is 1. The van der Waals surface area contributed by atoms with Crippen LogP contribution in [0.25, 0.3) is 0 Å². The van der Waals surface area contributed by atoms with E-state index in [0.29, 0.717) is 5.96 Å². The summed E-state index contributed by atoms with van der Waals surface area (Å²) in [5, 5.41) is 5.95. The van der Waals surface area contributed by atoms with Gasteiger partial charge < -0.3 is 10.2 Å². The Kier molecular flexibility index (Phi) is 3.42. The zero-order valence-corrected chi connectivity index (χ0v) is 10.2. The molecule has 17 heavy (non-hydrogen) atoms. The van der Waals surface area contributed by atoms with E-state index < -0.39 is 5.92 Å². The van der Waals surface area contributed by atoms with Gasteiger partial charge in [-0.15, -0.1) is 0 Å². The van der Waals surface area contributed by atoms with Crippen LogP contribution in [0.5, 0.6) is 0 Å². The van der Waals surface area contributed by atoms with Gasteiger partial charge in [0.2, 0.25) is 11.9 Å². The van der Waals surface area contributed by atoms with Crippen LogP contribution in [0.4, 0.5) is 0 Å². The first-order valence-electron chi connectivity index (χ1n) is 5.98. The number of guanidine groups is 1. The fraction of sp³-hybridized carbons (Fsp3) is 0.727. The Bertz CT molecular complexity index is 358. The molecule has 0 saturated carbocycles. The molecule has 2 amide bonds. The van der Waals surface area contributed by atoms with Gasteiger partial charge in [-0.2, -0.15) is 4.99 Å². The molecule has 1 saturated heterocycles. The van der Waals surface area contributed by atoms with Crippen LogP contribution >= 0.6 is 0 Å². The summed E-state index contributed by atoms with van der Waals surface area (Å²) < 4.78 is 0. The van der Waals surface area contributed by atoms with Crippen molar-refractivity contribution in [3.05, 3.63) is 0 Å². The fourth-order valence-electron chi connectivity index (χ4n) is 2.12. The summed E-state index contributed by atoms with van der Waals surface area (Å²) in [6, 6.07) is 0. The van der Waals surface area contributed by atoms with Crippen LogP contribution in [0.2, 0.25) is 0 Å². The van der Waals surface area contributed by atoms with Crippen molar-refractivity contribution in [3.8, 4) is 0 Å². The van der Waals surface area contributed by atoms with Gasteiger partial charge in [-0.05, 0) is 5.92 Å². The van der Waals surface area contributed by atoms with Gasteiger partial charge in [0.05, 0.1) is 0 Å². The molecule has 2 rings (SSSR count). The van der Waals surface area contributed by atoms with Crippen LogP contribution in [0.15, 0.2) is 4.99 Å². The standard InChI is InChI=1S/C11H18N4O2/c1-7(2)8-9(16)13-11(14-10(8)17)15-5-3-12-4-6-15/h7-8,12H,3-6H2,1-2H3,(H,13,14,16,17). The highest BCUT2D eigenvalue weighted by Crippen LogP contribution is 2.16. The predicted octanol–water partition coefficient (Wildman–Crippen LogP) is -0.824. The summed E-state index contributed by atoms with van der Waals surface area (Å²) in [6.45, 7) is 6.92. The molecule has 2 aliphatic rings. The number of carbonyl (C=O) groups excluding carboxylic acids is 2. The number of carbonyl (C=O) groups is 2. The summed E-state index contributed by atoms with van der Waals surface area (Å²) in [4.78, 5) is 29.6. The number of hydrogen-bond acceptors (Lipinski definition) is 4. The number of hydrogen-bond donors (Lipinski definition) is 2. The molecule has 0 bridgehead atoms. The number of aliphatic imine (C=N–C) groups is 1. The van der Waals surface area contributed by atoms with Gasteiger partial charge in [0, 0.05) is 26.2 Å². The van der Waals surface area contributed by atoms with Crippen LogP contribution in [-0.2, 0) is 9.59 Å². The number of nitrogens with zero attached hydrogens (tertiary/aromatic N) is 2. The maximum Gasteiger partial charge on any atom is 0.261 e. The minimum atomic E-state index is -0.637. The van der Waals surface area contributed by atoms with Gasteiger partial charge in [0.15, 0.2) is 0 Å². The molecule has 0 aromatic heterocycles. The Morgan fingerprint density at radius 1 is 1.29 bits per heavy atom. The van der Waals surface area contributed by atoms with E-state index in [9.17, 15) is 9.59 Å². The molecule has 0 spiro atoms. The Labute approximate surface area is 100 Å². The highest BCUT2D eigenvalue weighted by atomic mass is 16.2. The highest BCUT2D eigenvalue weighted by molar-refractivity contribution is 6.15. The van der Waals surface area contributed by atoms with Crippen molar-refractivity contribution >= 4 is 17.8 Å². The average molecular weight is 238 g/mol. The van der Waals surface area contributed by atoms with E-state index in [4.69, 9.17) is 0 Å². The molecule has 94 valence electrons. The van der Waals surface area contributed by atoms with Gasteiger partial charge in [-0.1, -0.05) is 13.8 Å². The third-order valence-corrected chi connectivity index (χ3v) is 3.08. The Morgan fingerprint density at radius 2 is 1.94 bits per heavy atom. The van der Waals surface area contributed by atoms with Gasteiger partial charge >= 0.3 is 0 Å². The lowest BCUT2D eigenvalue weighted by Crippen LogP contribution is -2.56. The van der Waals surface area contributed by atoms with Crippen LogP contribution in [-0.4, -0.2) is 48.9 Å². The molecule has 0 aromatic carbocycles. The number of nitrogens with one attached hydrogen (secondary N) is 2. The lowest BCUT2D eigenvalue weighted by molar-refractivity contribution is -0.135. The van der Waals surface area contributed by atoms with Crippen molar-refractivity contribution < 1.29 is 9.59 Å². The molecule has 2 N–H and O–H groups in total. The van der Waals surface area contributed by atoms with Gasteiger partial charge in [0.1, 0.15) is 5.92 Å². The second-order valence-electron chi connectivity index (χ2n) is 4.72. The van der Waals surface area contributed by atoms with E-state index in [-0.39, 0.29) is 17.7 Å². The maximum absolute atomic E-state index is 11.8. The molecule has 6 heteroatoms. The first-order valence-corrected chi connectivity index (χ1v) is 5.98. The fourth-order valence-corrected chi connectivity index (χ4v) is 2.12. The molecule has 2 heterocycles. The Morgan fingerprint density at radius 3 is 2.47 bits per heavy atom. The molecular formula is C11H18N4O2. The molecule has 1 unspecified atom stereocenters. The van der Waals surface area contributed by atoms with Crippen LogP contribution in [0, 0.1) is 11.8 Å². The van der Waals surface area contributed by atoms with E-state index in [2.05, 4.69) is 15.6 Å². The summed E-state index contributed by atoms with van der Waals surface area (Å²) in [6.07, 6.45) is 0. The van der Waals surface area contributed by atoms with E-state index in [1.807, 2.05) is 18.7 Å². The first kappa shape index (κ1) is 12.0. The van der Waals surface area contributed by atoms with Gasteiger partial charge in [-0.25, -0.2) is 0 Å². The van der Waals surface area contributed by atoms with E-state index in [1.54, 1.807) is 0 Å². The van der Waals surface area contributed by atoms with Crippen LogP contribution in [0.1, 0.15) is 13.8 Å². The predicted molar refractivity (Wildman–Crippen MR) is 63.4 cm³/mol. The molecule has 0 aromatic rings. The number of amides is 2. The summed E-state index contributed by atoms with van der Waals surface area (Å²) in [7, 11) is 0. The topological polar surface area (TPSA) is 73.8 Å². The molecule has 0 radical (unpaired) electrons. The van der Waals surface area contributed by atoms with Crippen molar-refractivity contribution in [2.75, 3.05) is 26.2 Å². The first-order chi connectivity index (χ1) is 8.09. The maximum atomic E-state index is 11.8. The molecular weight excluding hydrogens is 220 g/mol. The lowest BCUT2D eigenvalue weighted by atomic mass is 9.93. The van der Waals surface area contributed by atoms with Gasteiger partial charge in [-0.3, -0.25) is 14.9 Å². The zero-order valence-electron chi connectivity index (χ0n) is 10.2. The number of rotatable bonds is 1. The smallest absolute Gasteiger partial charge is 0.261 e. The summed E-state index contributed by atoms with van der Waals surface area (Å²) >= 11 is 0.